The Balaban J connectivity index is 1.98. The molecular weight excluding hydrogens is 877 g/mol. The molecule has 0 aromatic heterocycles. The van der Waals surface area contributed by atoms with Crippen LogP contribution in [0.5, 0.6) is 34.5 Å². The molecular formula is C57H84O12. The normalized spacial score (nSPS) is 11.2. The van der Waals surface area contributed by atoms with Crippen LogP contribution >= 0.6 is 0 Å². The molecule has 0 heterocycles. The second kappa shape index (κ2) is 33.4. The SMILES string of the molecule is CCCCCCCOc1cc2c(cc1OCC(=O)OCCCC)c1cc(OCCCCCCC)c(OCC(=O)OCCCC)cc1c1cc(OCCCCCCC)c(OCC(=O)OCCCC)cc21. The van der Waals surface area contributed by atoms with E-state index in [1.165, 1.54) is 0 Å². The minimum atomic E-state index is -0.463. The first kappa shape index (κ1) is 56.5. The van der Waals surface area contributed by atoms with E-state index in [1.807, 2.05) is 57.2 Å². The van der Waals surface area contributed by atoms with Crippen LogP contribution in [0.15, 0.2) is 36.4 Å². The third-order valence-corrected chi connectivity index (χ3v) is 12.0. The van der Waals surface area contributed by atoms with Gasteiger partial charge < -0.3 is 42.6 Å². The van der Waals surface area contributed by atoms with Gasteiger partial charge in [0.25, 0.3) is 0 Å². The van der Waals surface area contributed by atoms with Crippen molar-refractivity contribution >= 4 is 50.2 Å². The van der Waals surface area contributed by atoms with Gasteiger partial charge in [-0.1, -0.05) is 138 Å². The highest BCUT2D eigenvalue weighted by atomic mass is 16.6. The summed E-state index contributed by atoms with van der Waals surface area (Å²) in [7, 11) is 0. The molecule has 0 saturated carbocycles. The summed E-state index contributed by atoms with van der Waals surface area (Å²) >= 11 is 0. The Morgan fingerprint density at radius 2 is 0.493 bits per heavy atom. The van der Waals surface area contributed by atoms with Crippen molar-refractivity contribution in [2.45, 2.75) is 176 Å². The van der Waals surface area contributed by atoms with Crippen LogP contribution in [-0.2, 0) is 28.6 Å². The third-order valence-electron chi connectivity index (χ3n) is 12.0. The van der Waals surface area contributed by atoms with Crippen LogP contribution in [0.25, 0.3) is 32.3 Å². The summed E-state index contributed by atoms with van der Waals surface area (Å²) in [5.41, 5.74) is 0. The fourth-order valence-corrected chi connectivity index (χ4v) is 7.88. The maximum Gasteiger partial charge on any atom is 0.344 e. The Morgan fingerprint density at radius 1 is 0.275 bits per heavy atom. The monoisotopic (exact) mass is 961 g/mol. The van der Waals surface area contributed by atoms with Crippen LogP contribution in [0.2, 0.25) is 0 Å². The van der Waals surface area contributed by atoms with Gasteiger partial charge in [0.15, 0.2) is 54.3 Å². The molecule has 384 valence electrons. The quantitative estimate of drug-likeness (QED) is 0.0182. The number of carbonyl (C=O) groups is 3. The van der Waals surface area contributed by atoms with Crippen molar-refractivity contribution < 1.29 is 57.0 Å². The molecule has 4 aromatic carbocycles. The van der Waals surface area contributed by atoms with Gasteiger partial charge in [0, 0.05) is 0 Å². The highest BCUT2D eigenvalue weighted by Gasteiger charge is 2.22. The van der Waals surface area contributed by atoms with E-state index < -0.39 is 17.9 Å². The highest BCUT2D eigenvalue weighted by Crippen LogP contribution is 2.47. The summed E-state index contributed by atoms with van der Waals surface area (Å²) in [6, 6.07) is 11.6. The van der Waals surface area contributed by atoms with Crippen LogP contribution in [0, 0.1) is 0 Å². The van der Waals surface area contributed by atoms with E-state index in [1.54, 1.807) is 0 Å². The molecule has 0 atom stereocenters. The highest BCUT2D eigenvalue weighted by molar-refractivity contribution is 6.27. The molecule has 69 heavy (non-hydrogen) atoms. The summed E-state index contributed by atoms with van der Waals surface area (Å²) < 4.78 is 54.9. The van der Waals surface area contributed by atoms with Gasteiger partial charge in [0.2, 0.25) is 0 Å². The molecule has 0 unspecified atom stereocenters. The van der Waals surface area contributed by atoms with E-state index >= 15 is 0 Å². The molecule has 0 aliphatic carbocycles. The molecule has 0 saturated heterocycles. The van der Waals surface area contributed by atoms with Gasteiger partial charge in [-0.3, -0.25) is 0 Å². The standard InChI is InChI=1S/C57H84O12/c1-7-13-19-22-25-31-61-49-34-43-46(37-52(49)67-40-55(58)64-28-16-10-4)44-35-50(62-32-26-23-20-14-8-2)54(69-42-57(60)66-30-18-12-6)39-48(44)45-36-51(63-33-27-24-21-15-9-3)53(38-47(43)45)68-41-56(59)65-29-17-11-5/h34-39H,7-33,40-42H2,1-6H3. The molecule has 0 amide bonds. The van der Waals surface area contributed by atoms with Crippen LogP contribution in [0.4, 0.5) is 0 Å². The number of carbonyl (C=O) groups excluding carboxylic acids is 3. The first-order chi connectivity index (χ1) is 33.8. The van der Waals surface area contributed by atoms with Crippen molar-refractivity contribution in [3.8, 4) is 34.5 Å². The van der Waals surface area contributed by atoms with Gasteiger partial charge in [0.1, 0.15) is 0 Å². The molecule has 0 N–H and O–H groups in total. The van der Waals surface area contributed by atoms with E-state index in [-0.39, 0.29) is 19.8 Å². The maximum atomic E-state index is 12.9. The second-order valence-electron chi connectivity index (χ2n) is 17.9. The van der Waals surface area contributed by atoms with E-state index in [9.17, 15) is 14.4 Å². The lowest BCUT2D eigenvalue weighted by atomic mass is 9.93. The minimum Gasteiger partial charge on any atom is -0.490 e. The summed E-state index contributed by atoms with van der Waals surface area (Å²) in [5.74, 6) is 1.25. The largest absolute Gasteiger partial charge is 0.490 e. The molecule has 12 nitrogen and oxygen atoms in total. The van der Waals surface area contributed by atoms with Crippen LogP contribution < -0.4 is 28.4 Å². The lowest BCUT2D eigenvalue weighted by molar-refractivity contribution is -0.147. The molecule has 0 radical (unpaired) electrons. The maximum absolute atomic E-state index is 12.9. The van der Waals surface area contributed by atoms with E-state index in [0.717, 1.165) is 167 Å². The fourth-order valence-electron chi connectivity index (χ4n) is 7.88. The number of fused-ring (bicyclic) bond motifs is 6. The molecule has 4 rings (SSSR count). The van der Waals surface area contributed by atoms with Gasteiger partial charge in [-0.05, 0) is 107 Å². The minimum absolute atomic E-state index is 0.294. The smallest absolute Gasteiger partial charge is 0.344 e. The summed E-state index contributed by atoms with van der Waals surface area (Å²) in [6.45, 7) is 14.2. The van der Waals surface area contributed by atoms with Gasteiger partial charge in [0.05, 0.1) is 39.6 Å². The summed E-state index contributed by atoms with van der Waals surface area (Å²) in [5, 5.41) is 4.81. The number of ether oxygens (including phenoxy) is 9. The second-order valence-corrected chi connectivity index (χ2v) is 17.9. The zero-order chi connectivity index (χ0) is 49.5. The topological polar surface area (TPSA) is 134 Å². The van der Waals surface area contributed by atoms with Gasteiger partial charge in [-0.2, -0.15) is 0 Å². The van der Waals surface area contributed by atoms with Crippen molar-refractivity contribution in [3.05, 3.63) is 36.4 Å². The predicted molar refractivity (Wildman–Crippen MR) is 276 cm³/mol. The Bertz CT molecular complexity index is 1860. The predicted octanol–water partition coefficient (Wildman–Crippen LogP) is 14.4. The van der Waals surface area contributed by atoms with Gasteiger partial charge in [-0.25, -0.2) is 14.4 Å². The molecule has 0 aliphatic heterocycles. The van der Waals surface area contributed by atoms with E-state index in [4.69, 9.17) is 42.6 Å². The lowest BCUT2D eigenvalue weighted by Gasteiger charge is -2.20. The van der Waals surface area contributed by atoms with E-state index in [0.29, 0.717) is 74.1 Å². The first-order valence-corrected chi connectivity index (χ1v) is 26.6. The molecule has 0 aliphatic rings. The average Bonchev–Trinajstić information content (AvgIpc) is 3.35. The van der Waals surface area contributed by atoms with Gasteiger partial charge >= 0.3 is 17.9 Å². The zero-order valence-corrected chi connectivity index (χ0v) is 43.1. The fraction of sp³-hybridized carbons (Fsp3) is 0.632. The Kier molecular flexibility index (Phi) is 27.3. The number of hydrogen-bond donors (Lipinski definition) is 0. The van der Waals surface area contributed by atoms with Crippen LogP contribution in [-0.4, -0.2) is 77.4 Å². The van der Waals surface area contributed by atoms with Crippen molar-refractivity contribution in [1.82, 2.24) is 0 Å². The summed E-state index contributed by atoms with van der Waals surface area (Å²) in [4.78, 5) is 38.8. The molecule has 12 heteroatoms. The number of unbranched alkanes of at least 4 members (excludes halogenated alkanes) is 15. The van der Waals surface area contributed by atoms with E-state index in [2.05, 4.69) is 20.8 Å². The first-order valence-electron chi connectivity index (χ1n) is 26.6. The Hall–Kier alpha value is -5.13. The van der Waals surface area contributed by atoms with Crippen molar-refractivity contribution in [1.29, 1.82) is 0 Å². The Labute approximate surface area is 412 Å². The van der Waals surface area contributed by atoms with Crippen LogP contribution in [0.3, 0.4) is 0 Å². The Morgan fingerprint density at radius 3 is 0.725 bits per heavy atom. The lowest BCUT2D eigenvalue weighted by Crippen LogP contribution is -2.16. The number of rotatable bonds is 39. The number of hydrogen-bond acceptors (Lipinski definition) is 12. The zero-order valence-electron chi connectivity index (χ0n) is 43.1. The van der Waals surface area contributed by atoms with Gasteiger partial charge in [-0.15, -0.1) is 0 Å². The molecule has 0 bridgehead atoms. The summed E-state index contributed by atoms with van der Waals surface area (Å²) in [6.07, 6.45) is 20.9. The average molecular weight is 961 g/mol. The number of benzene rings is 4. The van der Waals surface area contributed by atoms with Crippen LogP contribution in [0.1, 0.15) is 176 Å². The van der Waals surface area contributed by atoms with Crippen molar-refractivity contribution in [3.63, 3.8) is 0 Å². The van der Waals surface area contributed by atoms with Crippen molar-refractivity contribution in [2.75, 3.05) is 59.5 Å². The third kappa shape index (κ3) is 19.7. The molecule has 0 fully saturated rings. The van der Waals surface area contributed by atoms with Crippen molar-refractivity contribution in [2.24, 2.45) is 0 Å². The molecule has 0 spiro atoms. The number of esters is 3. The molecule has 4 aromatic rings.